The molecule has 0 N–H and O–H groups in total. The van der Waals surface area contributed by atoms with E-state index in [4.69, 9.17) is 11.6 Å². The van der Waals surface area contributed by atoms with Gasteiger partial charge in [0, 0.05) is 17.8 Å². The van der Waals surface area contributed by atoms with Crippen LogP contribution < -0.4 is 5.56 Å². The summed E-state index contributed by atoms with van der Waals surface area (Å²) in [4.78, 5) is 21.2. The van der Waals surface area contributed by atoms with E-state index in [1.54, 1.807) is 11.3 Å². The van der Waals surface area contributed by atoms with E-state index in [1.807, 2.05) is 44.8 Å². The molecule has 3 aromatic heterocycles. The number of thiazole rings is 1. The first-order chi connectivity index (χ1) is 8.65. The summed E-state index contributed by atoms with van der Waals surface area (Å²) in [7, 11) is 0. The van der Waals surface area contributed by atoms with E-state index in [2.05, 4.69) is 9.97 Å². The molecule has 0 aliphatic rings. The van der Waals surface area contributed by atoms with Gasteiger partial charge in [0.05, 0.1) is 18.6 Å². The predicted octanol–water partition coefficient (Wildman–Crippen LogP) is 2.26. The molecule has 3 aromatic rings. The fraction of sp³-hybridized carbons (Fsp3) is 0.100. The topological polar surface area (TPSA) is 52.2 Å². The van der Waals surface area contributed by atoms with Gasteiger partial charge in [0.1, 0.15) is 8.72 Å². The van der Waals surface area contributed by atoms with E-state index in [1.165, 1.54) is 10.9 Å². The molecule has 18 heavy (non-hydrogen) atoms. The molecule has 0 saturated heterocycles. The van der Waals surface area contributed by atoms with Crippen molar-refractivity contribution < 1.29 is 0 Å². The van der Waals surface area contributed by atoms with E-state index >= 15 is 0 Å². The lowest BCUT2D eigenvalue weighted by atomic mass is 10.4. The van der Waals surface area contributed by atoms with Gasteiger partial charge in [-0.05, 0) is 22.6 Å². The number of nitrogens with zero attached hydrogens (tertiary/aromatic N) is 4. The standard InChI is InChI=1S/C10H6ClIN4OS/c11-8-7(12)9(17)16(5-13-8)4-6-3-15-1-2-18-10(15)14-6/h1-3,5H,4H2. The van der Waals surface area contributed by atoms with E-state index in [0.29, 0.717) is 10.1 Å². The van der Waals surface area contributed by atoms with Crippen LogP contribution in [0, 0.1) is 3.57 Å². The third kappa shape index (κ3) is 2.06. The average Bonchev–Trinajstić information content (AvgIpc) is 2.90. The lowest BCUT2D eigenvalue weighted by molar-refractivity contribution is 0.718. The minimum atomic E-state index is -0.146. The predicted molar refractivity (Wildman–Crippen MR) is 78.4 cm³/mol. The molecular formula is C10H6ClIN4OS. The van der Waals surface area contributed by atoms with Crippen molar-refractivity contribution in [2.75, 3.05) is 0 Å². The summed E-state index contributed by atoms with van der Waals surface area (Å²) in [6.45, 7) is 0.396. The van der Waals surface area contributed by atoms with Gasteiger partial charge in [-0.15, -0.1) is 11.3 Å². The van der Waals surface area contributed by atoms with E-state index in [-0.39, 0.29) is 10.7 Å². The summed E-state index contributed by atoms with van der Waals surface area (Å²) in [5.74, 6) is 0. The largest absolute Gasteiger partial charge is 0.297 e. The molecule has 0 fully saturated rings. The lowest BCUT2D eigenvalue weighted by Gasteiger charge is -2.03. The summed E-state index contributed by atoms with van der Waals surface area (Å²) < 4.78 is 3.86. The molecule has 0 bridgehead atoms. The second-order valence-electron chi connectivity index (χ2n) is 3.61. The number of halogens is 2. The van der Waals surface area contributed by atoms with Crippen molar-refractivity contribution in [3.63, 3.8) is 0 Å². The number of imidazole rings is 1. The van der Waals surface area contributed by atoms with Gasteiger partial charge in [-0.2, -0.15) is 0 Å². The van der Waals surface area contributed by atoms with Crippen LogP contribution >= 0.6 is 45.5 Å². The highest BCUT2D eigenvalue weighted by atomic mass is 127. The van der Waals surface area contributed by atoms with Gasteiger partial charge in [-0.1, -0.05) is 11.6 Å². The molecule has 0 spiro atoms. The zero-order valence-corrected chi connectivity index (χ0v) is 12.6. The van der Waals surface area contributed by atoms with Crippen molar-refractivity contribution in [1.82, 2.24) is 18.9 Å². The number of aromatic nitrogens is 4. The van der Waals surface area contributed by atoms with Crippen molar-refractivity contribution >= 4 is 50.5 Å². The van der Waals surface area contributed by atoms with Crippen LogP contribution in [-0.4, -0.2) is 18.9 Å². The third-order valence-electron chi connectivity index (χ3n) is 2.42. The number of rotatable bonds is 2. The maximum atomic E-state index is 11.9. The molecule has 0 amide bonds. The van der Waals surface area contributed by atoms with Gasteiger partial charge in [-0.3, -0.25) is 13.8 Å². The van der Waals surface area contributed by atoms with Crippen molar-refractivity contribution in [2.45, 2.75) is 6.54 Å². The molecule has 0 unspecified atom stereocenters. The molecule has 3 rings (SSSR count). The van der Waals surface area contributed by atoms with Crippen LogP contribution in [0.15, 0.2) is 28.9 Å². The molecule has 0 atom stereocenters. The van der Waals surface area contributed by atoms with E-state index in [9.17, 15) is 4.79 Å². The van der Waals surface area contributed by atoms with Crippen molar-refractivity contribution in [3.8, 4) is 0 Å². The first kappa shape index (κ1) is 12.1. The van der Waals surface area contributed by atoms with Gasteiger partial charge in [-0.25, -0.2) is 9.97 Å². The number of hydrogen-bond donors (Lipinski definition) is 0. The second-order valence-corrected chi connectivity index (χ2v) is 5.92. The molecular weight excluding hydrogens is 387 g/mol. The van der Waals surface area contributed by atoms with E-state index in [0.717, 1.165) is 10.7 Å². The van der Waals surface area contributed by atoms with Crippen molar-refractivity contribution in [1.29, 1.82) is 0 Å². The van der Waals surface area contributed by atoms with Crippen LogP contribution in [-0.2, 0) is 6.54 Å². The number of hydrogen-bond acceptors (Lipinski definition) is 4. The van der Waals surface area contributed by atoms with Crippen LogP contribution in [0.5, 0.6) is 0 Å². The Kier molecular flexibility index (Phi) is 3.12. The van der Waals surface area contributed by atoms with Crippen LogP contribution in [0.2, 0.25) is 5.15 Å². The Hall–Kier alpha value is -0.930. The third-order valence-corrected chi connectivity index (χ3v) is 4.76. The molecule has 0 radical (unpaired) electrons. The molecule has 92 valence electrons. The lowest BCUT2D eigenvalue weighted by Crippen LogP contribution is -2.23. The summed E-state index contributed by atoms with van der Waals surface area (Å²) in [6.07, 6.45) is 5.28. The van der Waals surface area contributed by atoms with Gasteiger partial charge >= 0.3 is 0 Å². The molecule has 0 aliphatic heterocycles. The minimum Gasteiger partial charge on any atom is -0.297 e. The molecule has 5 nitrogen and oxygen atoms in total. The van der Waals surface area contributed by atoms with Crippen molar-refractivity contribution in [2.24, 2.45) is 0 Å². The Labute approximate surface area is 124 Å². The van der Waals surface area contributed by atoms with Crippen LogP contribution in [0.1, 0.15) is 5.69 Å². The van der Waals surface area contributed by atoms with Crippen LogP contribution in [0.3, 0.4) is 0 Å². The van der Waals surface area contributed by atoms with E-state index < -0.39 is 0 Å². The SMILES string of the molecule is O=c1c(I)c(Cl)ncn1Cc1cn2ccsc2n1. The summed E-state index contributed by atoms with van der Waals surface area (Å²) in [6, 6.07) is 0. The first-order valence-corrected chi connectivity index (χ1v) is 7.30. The quantitative estimate of drug-likeness (QED) is 0.496. The zero-order chi connectivity index (χ0) is 12.7. The molecule has 0 saturated carbocycles. The Morgan fingerprint density at radius 2 is 2.33 bits per heavy atom. The summed E-state index contributed by atoms with van der Waals surface area (Å²) >= 11 is 9.24. The van der Waals surface area contributed by atoms with Crippen LogP contribution in [0.4, 0.5) is 0 Å². The summed E-state index contributed by atoms with van der Waals surface area (Å²) in [5.41, 5.74) is 0.677. The summed E-state index contributed by atoms with van der Waals surface area (Å²) in [5, 5.41) is 2.20. The Balaban J connectivity index is 2.00. The molecule has 0 aromatic carbocycles. The maximum absolute atomic E-state index is 11.9. The maximum Gasteiger partial charge on any atom is 0.268 e. The Morgan fingerprint density at radius 1 is 1.50 bits per heavy atom. The number of fused-ring (bicyclic) bond motifs is 1. The molecule has 8 heteroatoms. The minimum absolute atomic E-state index is 0.146. The highest BCUT2D eigenvalue weighted by Crippen LogP contribution is 2.13. The second kappa shape index (κ2) is 4.63. The normalized spacial score (nSPS) is 11.2. The Bertz CT molecular complexity index is 749. The monoisotopic (exact) mass is 392 g/mol. The zero-order valence-electron chi connectivity index (χ0n) is 8.88. The smallest absolute Gasteiger partial charge is 0.268 e. The van der Waals surface area contributed by atoms with Gasteiger partial charge in [0.2, 0.25) is 0 Å². The van der Waals surface area contributed by atoms with Crippen LogP contribution in [0.25, 0.3) is 4.96 Å². The van der Waals surface area contributed by atoms with Gasteiger partial charge < -0.3 is 0 Å². The average molecular weight is 393 g/mol. The molecule has 3 heterocycles. The fourth-order valence-electron chi connectivity index (χ4n) is 1.58. The molecule has 0 aliphatic carbocycles. The first-order valence-electron chi connectivity index (χ1n) is 4.96. The highest BCUT2D eigenvalue weighted by Gasteiger charge is 2.09. The van der Waals surface area contributed by atoms with Gasteiger partial charge in [0.15, 0.2) is 4.96 Å². The Morgan fingerprint density at radius 3 is 3.11 bits per heavy atom. The highest BCUT2D eigenvalue weighted by molar-refractivity contribution is 14.1. The van der Waals surface area contributed by atoms with Crippen molar-refractivity contribution in [3.05, 3.63) is 48.9 Å². The fourth-order valence-corrected chi connectivity index (χ4v) is 2.88. The van der Waals surface area contributed by atoms with Gasteiger partial charge in [0.25, 0.3) is 5.56 Å².